The molecule has 0 aliphatic carbocycles. The van der Waals surface area contributed by atoms with Crippen molar-refractivity contribution in [1.82, 2.24) is 5.32 Å². The van der Waals surface area contributed by atoms with Crippen molar-refractivity contribution in [3.8, 4) is 11.5 Å². The lowest BCUT2D eigenvalue weighted by molar-refractivity contribution is -0.135. The van der Waals surface area contributed by atoms with Crippen LogP contribution in [0.15, 0.2) is 71.6 Å². The fourth-order valence-electron chi connectivity index (χ4n) is 2.81. The van der Waals surface area contributed by atoms with Gasteiger partial charge in [-0.05, 0) is 35.0 Å². The van der Waals surface area contributed by atoms with E-state index in [-0.39, 0.29) is 18.3 Å². The number of nitrogens with one attached hydrogen (secondary N) is 1. The molecular weight excluding hydrogens is 362 g/mol. The number of carbonyl (C=O) groups is 2. The summed E-state index contributed by atoms with van der Waals surface area (Å²) in [6.45, 7) is 0.0773. The highest BCUT2D eigenvalue weighted by atomic mass is 32.2. The highest BCUT2D eigenvalue weighted by Gasteiger charge is 2.28. The third-order valence-electron chi connectivity index (χ3n) is 4.15. The Labute approximate surface area is 160 Å². The first-order valence-corrected chi connectivity index (χ1v) is 9.51. The van der Waals surface area contributed by atoms with Crippen molar-refractivity contribution in [3.63, 3.8) is 0 Å². The number of benzene rings is 3. The molecule has 3 aromatic rings. The van der Waals surface area contributed by atoms with Crippen LogP contribution in [0.2, 0.25) is 0 Å². The van der Waals surface area contributed by atoms with Gasteiger partial charge in [0.15, 0.2) is 11.5 Å². The van der Waals surface area contributed by atoms with Crippen LogP contribution in [0.25, 0.3) is 10.8 Å². The highest BCUT2D eigenvalue weighted by molar-refractivity contribution is 8.00. The molecule has 0 radical (unpaired) electrons. The summed E-state index contributed by atoms with van der Waals surface area (Å²) in [7, 11) is 0. The number of amides is 2. The number of hydrogen-bond acceptors (Lipinski definition) is 5. The number of carbonyl (C=O) groups excluding carboxylic acids is 2. The standard InChI is InChI=1S/C21H17NO4S/c23-20(13-27-16-10-9-14-5-1-2-6-15(14)11-16)22-21(24)19-12-25-17-7-3-4-8-18(17)26-19/h1-11,19H,12-13H2,(H,22,23,24). The van der Waals surface area contributed by atoms with Crippen molar-refractivity contribution in [3.05, 3.63) is 66.7 Å². The lowest BCUT2D eigenvalue weighted by Gasteiger charge is -2.25. The van der Waals surface area contributed by atoms with Gasteiger partial charge < -0.3 is 9.47 Å². The largest absolute Gasteiger partial charge is 0.485 e. The van der Waals surface area contributed by atoms with Crippen LogP contribution in [-0.4, -0.2) is 30.3 Å². The lowest BCUT2D eigenvalue weighted by Crippen LogP contribution is -2.46. The van der Waals surface area contributed by atoms with Gasteiger partial charge >= 0.3 is 0 Å². The van der Waals surface area contributed by atoms with E-state index in [9.17, 15) is 9.59 Å². The first kappa shape index (κ1) is 17.4. The number of ether oxygens (including phenoxy) is 2. The average molecular weight is 379 g/mol. The zero-order valence-electron chi connectivity index (χ0n) is 14.4. The number of rotatable bonds is 4. The summed E-state index contributed by atoms with van der Waals surface area (Å²) in [5.74, 6) is 0.393. The van der Waals surface area contributed by atoms with Crippen LogP contribution in [0.3, 0.4) is 0 Å². The number of hydrogen-bond donors (Lipinski definition) is 1. The van der Waals surface area contributed by atoms with E-state index in [0.29, 0.717) is 11.5 Å². The molecule has 136 valence electrons. The van der Waals surface area contributed by atoms with Crippen LogP contribution < -0.4 is 14.8 Å². The van der Waals surface area contributed by atoms with Gasteiger partial charge in [-0.25, -0.2) is 0 Å². The fraction of sp³-hybridized carbons (Fsp3) is 0.143. The summed E-state index contributed by atoms with van der Waals surface area (Å²) in [4.78, 5) is 25.4. The molecule has 5 nitrogen and oxygen atoms in total. The lowest BCUT2D eigenvalue weighted by atomic mass is 10.1. The van der Waals surface area contributed by atoms with Gasteiger partial charge in [0.1, 0.15) is 6.61 Å². The zero-order valence-corrected chi connectivity index (χ0v) is 15.2. The second-order valence-electron chi connectivity index (χ2n) is 6.07. The van der Waals surface area contributed by atoms with Gasteiger partial charge in [0.05, 0.1) is 5.75 Å². The van der Waals surface area contributed by atoms with Crippen molar-refractivity contribution in [2.45, 2.75) is 11.0 Å². The van der Waals surface area contributed by atoms with E-state index in [1.54, 1.807) is 18.2 Å². The average Bonchev–Trinajstić information content (AvgIpc) is 2.71. The molecule has 0 spiro atoms. The zero-order chi connectivity index (χ0) is 18.6. The monoisotopic (exact) mass is 379 g/mol. The predicted molar refractivity (Wildman–Crippen MR) is 104 cm³/mol. The summed E-state index contributed by atoms with van der Waals surface area (Å²) in [6.07, 6.45) is -0.838. The van der Waals surface area contributed by atoms with Gasteiger partial charge in [-0.15, -0.1) is 11.8 Å². The minimum absolute atomic E-state index is 0.0773. The summed E-state index contributed by atoms with van der Waals surface area (Å²) >= 11 is 1.38. The molecule has 4 rings (SSSR count). The molecular formula is C21H17NO4S. The second-order valence-corrected chi connectivity index (χ2v) is 7.12. The number of fused-ring (bicyclic) bond motifs is 2. The van der Waals surface area contributed by atoms with Gasteiger partial charge in [0.25, 0.3) is 5.91 Å². The Morgan fingerprint density at radius 1 is 0.963 bits per heavy atom. The third kappa shape index (κ3) is 4.06. The molecule has 2 amide bonds. The van der Waals surface area contributed by atoms with E-state index in [4.69, 9.17) is 9.47 Å². The van der Waals surface area contributed by atoms with E-state index in [1.165, 1.54) is 11.8 Å². The van der Waals surface area contributed by atoms with Gasteiger partial charge in [0.2, 0.25) is 12.0 Å². The van der Waals surface area contributed by atoms with Gasteiger partial charge in [-0.3, -0.25) is 14.9 Å². The van der Waals surface area contributed by atoms with Crippen LogP contribution in [0, 0.1) is 0 Å². The molecule has 1 unspecified atom stereocenters. The third-order valence-corrected chi connectivity index (χ3v) is 5.15. The van der Waals surface area contributed by atoms with E-state index >= 15 is 0 Å². The summed E-state index contributed by atoms with van der Waals surface area (Å²) in [5, 5.41) is 4.65. The normalized spacial score (nSPS) is 15.3. The summed E-state index contributed by atoms with van der Waals surface area (Å²) in [5.41, 5.74) is 0. The minimum atomic E-state index is -0.838. The van der Waals surface area contributed by atoms with Crippen molar-refractivity contribution in [1.29, 1.82) is 0 Å². The SMILES string of the molecule is O=C(CSc1ccc2ccccc2c1)NC(=O)C1COc2ccccc2O1. The maximum absolute atomic E-state index is 12.3. The van der Waals surface area contributed by atoms with Crippen LogP contribution in [0.4, 0.5) is 0 Å². The maximum Gasteiger partial charge on any atom is 0.271 e. The van der Waals surface area contributed by atoms with E-state index in [1.807, 2.05) is 48.5 Å². The Bertz CT molecular complexity index is 1000. The molecule has 0 bridgehead atoms. The number of thioether (sulfide) groups is 1. The first-order chi connectivity index (χ1) is 13.2. The molecule has 0 saturated carbocycles. The van der Waals surface area contributed by atoms with Crippen molar-refractivity contribution >= 4 is 34.3 Å². The Morgan fingerprint density at radius 3 is 2.56 bits per heavy atom. The number of imide groups is 1. The molecule has 0 aromatic heterocycles. The summed E-state index contributed by atoms with van der Waals surface area (Å²) < 4.78 is 11.1. The molecule has 1 heterocycles. The molecule has 0 fully saturated rings. The Kier molecular flexibility index (Phi) is 4.98. The van der Waals surface area contributed by atoms with Crippen molar-refractivity contribution in [2.24, 2.45) is 0 Å². The predicted octanol–water partition coefficient (Wildman–Crippen LogP) is 3.41. The van der Waals surface area contributed by atoms with E-state index in [2.05, 4.69) is 5.32 Å². The smallest absolute Gasteiger partial charge is 0.271 e. The van der Waals surface area contributed by atoms with Gasteiger partial charge in [-0.2, -0.15) is 0 Å². The Morgan fingerprint density at radius 2 is 1.70 bits per heavy atom. The van der Waals surface area contributed by atoms with Crippen molar-refractivity contribution in [2.75, 3.05) is 12.4 Å². The van der Waals surface area contributed by atoms with E-state index in [0.717, 1.165) is 15.7 Å². The fourth-order valence-corrected chi connectivity index (χ4v) is 3.55. The Hall–Kier alpha value is -2.99. The molecule has 1 aliphatic heterocycles. The number of para-hydroxylation sites is 2. The molecule has 1 N–H and O–H groups in total. The van der Waals surface area contributed by atoms with Gasteiger partial charge in [-0.1, -0.05) is 42.5 Å². The molecule has 27 heavy (non-hydrogen) atoms. The van der Waals surface area contributed by atoms with Crippen LogP contribution in [0.1, 0.15) is 0 Å². The van der Waals surface area contributed by atoms with Crippen LogP contribution in [0.5, 0.6) is 11.5 Å². The molecule has 1 atom stereocenters. The van der Waals surface area contributed by atoms with E-state index < -0.39 is 12.0 Å². The van der Waals surface area contributed by atoms with Gasteiger partial charge in [0, 0.05) is 4.90 Å². The molecule has 6 heteroatoms. The quantitative estimate of drug-likeness (QED) is 0.704. The topological polar surface area (TPSA) is 64.6 Å². The van der Waals surface area contributed by atoms with Crippen molar-refractivity contribution < 1.29 is 19.1 Å². The highest BCUT2D eigenvalue weighted by Crippen LogP contribution is 2.31. The molecule has 3 aromatic carbocycles. The van der Waals surface area contributed by atoms with Crippen LogP contribution >= 0.6 is 11.8 Å². The molecule has 0 saturated heterocycles. The maximum atomic E-state index is 12.3. The Balaban J connectivity index is 1.32. The summed E-state index contributed by atoms with van der Waals surface area (Å²) in [6, 6.07) is 21.2. The van der Waals surface area contributed by atoms with Crippen LogP contribution in [-0.2, 0) is 9.59 Å². The molecule has 1 aliphatic rings. The minimum Gasteiger partial charge on any atom is -0.485 e. The second kappa shape index (κ2) is 7.72. The first-order valence-electron chi connectivity index (χ1n) is 8.53.